The second-order valence-corrected chi connectivity index (χ2v) is 5.38. The molecule has 106 valence electrons. The molecule has 19 heavy (non-hydrogen) atoms. The monoisotopic (exact) mass is 266 g/mol. The summed E-state index contributed by atoms with van der Waals surface area (Å²) in [6.45, 7) is 9.60. The van der Waals surface area contributed by atoms with Crippen LogP contribution < -0.4 is 20.3 Å². The molecule has 1 aliphatic rings. The Labute approximate surface area is 116 Å². The lowest BCUT2D eigenvalue weighted by molar-refractivity contribution is -1.03. The molecule has 2 rings (SSSR count). The summed E-state index contributed by atoms with van der Waals surface area (Å²) >= 11 is 0. The molecule has 0 unspecified atom stereocenters. The summed E-state index contributed by atoms with van der Waals surface area (Å²) in [4.78, 5) is 3.43. The van der Waals surface area contributed by atoms with Gasteiger partial charge in [0, 0.05) is 5.56 Å². The lowest BCUT2D eigenvalue weighted by Gasteiger charge is -2.33. The number of ether oxygens (including phenoxy) is 1. The predicted octanol–water partition coefficient (Wildman–Crippen LogP) is -2.22. The fourth-order valence-corrected chi connectivity index (χ4v) is 3.07. The molecule has 4 heteroatoms. The van der Waals surface area contributed by atoms with E-state index in [0.717, 1.165) is 12.3 Å². The van der Waals surface area contributed by atoms with Gasteiger partial charge in [0.2, 0.25) is 0 Å². The van der Waals surface area contributed by atoms with Crippen molar-refractivity contribution in [3.63, 3.8) is 0 Å². The Morgan fingerprint density at radius 3 is 2.26 bits per heavy atom. The van der Waals surface area contributed by atoms with Crippen LogP contribution in [0, 0.1) is 0 Å². The molecular formula is C15H28N3O+3. The van der Waals surface area contributed by atoms with Crippen LogP contribution in [0.25, 0.3) is 0 Å². The van der Waals surface area contributed by atoms with Crippen LogP contribution in [0.4, 0.5) is 0 Å². The molecule has 1 aliphatic heterocycles. The van der Waals surface area contributed by atoms with E-state index in [4.69, 9.17) is 4.74 Å². The van der Waals surface area contributed by atoms with Gasteiger partial charge < -0.3 is 20.3 Å². The molecule has 1 fully saturated rings. The fraction of sp³-hybridized carbons (Fsp3) is 0.600. The Bertz CT molecular complexity index is 371. The van der Waals surface area contributed by atoms with Crippen LogP contribution in [0.2, 0.25) is 0 Å². The molecule has 1 aromatic rings. The second kappa shape index (κ2) is 6.89. The van der Waals surface area contributed by atoms with Gasteiger partial charge >= 0.3 is 0 Å². The summed E-state index contributed by atoms with van der Waals surface area (Å²) in [7, 11) is 1.71. The summed E-state index contributed by atoms with van der Waals surface area (Å²) in [6, 6.07) is 9.04. The average molecular weight is 266 g/mol. The molecule has 0 amide bonds. The Kier molecular flexibility index (Phi) is 5.19. The van der Waals surface area contributed by atoms with Gasteiger partial charge in [0.25, 0.3) is 0 Å². The van der Waals surface area contributed by atoms with E-state index >= 15 is 0 Å². The van der Waals surface area contributed by atoms with Crippen molar-refractivity contribution >= 4 is 0 Å². The molecule has 0 aliphatic carbocycles. The van der Waals surface area contributed by atoms with Crippen molar-refractivity contribution in [3.05, 3.63) is 29.8 Å². The first-order valence-electron chi connectivity index (χ1n) is 7.39. The molecule has 1 atom stereocenters. The molecule has 5 N–H and O–H groups in total. The number of nitrogens with one attached hydrogen (secondary N) is 2. The SMILES string of the molecule is CC[NH+]1CC[NH+]([C@@H](C[NH3+])c2ccc(OC)cc2)CC1. The molecular weight excluding hydrogens is 238 g/mol. The predicted molar refractivity (Wildman–Crippen MR) is 75.4 cm³/mol. The third-order valence-electron chi connectivity index (χ3n) is 4.40. The van der Waals surface area contributed by atoms with E-state index < -0.39 is 0 Å². The number of benzene rings is 1. The van der Waals surface area contributed by atoms with Crippen LogP contribution in [-0.4, -0.2) is 46.4 Å². The van der Waals surface area contributed by atoms with Gasteiger partial charge in [-0.25, -0.2) is 0 Å². The molecule has 4 nitrogen and oxygen atoms in total. The van der Waals surface area contributed by atoms with Gasteiger partial charge in [-0.1, -0.05) is 0 Å². The summed E-state index contributed by atoms with van der Waals surface area (Å²) in [5.41, 5.74) is 5.55. The Hall–Kier alpha value is -1.10. The highest BCUT2D eigenvalue weighted by Crippen LogP contribution is 2.15. The zero-order chi connectivity index (χ0) is 13.7. The fourth-order valence-electron chi connectivity index (χ4n) is 3.07. The number of hydrogen-bond acceptors (Lipinski definition) is 1. The van der Waals surface area contributed by atoms with Crippen LogP contribution in [0.1, 0.15) is 18.5 Å². The Morgan fingerprint density at radius 2 is 1.79 bits per heavy atom. The van der Waals surface area contributed by atoms with E-state index in [9.17, 15) is 0 Å². The van der Waals surface area contributed by atoms with Gasteiger partial charge in [0.05, 0.1) is 13.7 Å². The third kappa shape index (κ3) is 3.47. The first-order valence-corrected chi connectivity index (χ1v) is 7.39. The van der Waals surface area contributed by atoms with E-state index in [0.29, 0.717) is 6.04 Å². The number of quaternary nitrogens is 3. The maximum atomic E-state index is 5.23. The first kappa shape index (κ1) is 14.3. The minimum Gasteiger partial charge on any atom is -0.497 e. The van der Waals surface area contributed by atoms with Crippen LogP contribution in [-0.2, 0) is 0 Å². The van der Waals surface area contributed by atoms with E-state index in [-0.39, 0.29) is 0 Å². The minimum absolute atomic E-state index is 0.532. The quantitative estimate of drug-likeness (QED) is 0.556. The van der Waals surface area contributed by atoms with Gasteiger partial charge in [0.15, 0.2) is 6.04 Å². The summed E-state index contributed by atoms with van der Waals surface area (Å²) in [6.07, 6.45) is 0. The average Bonchev–Trinajstić information content (AvgIpc) is 2.49. The minimum atomic E-state index is 0.532. The van der Waals surface area contributed by atoms with E-state index in [2.05, 4.69) is 36.9 Å². The molecule has 1 heterocycles. The van der Waals surface area contributed by atoms with Crippen molar-refractivity contribution < 1.29 is 20.3 Å². The zero-order valence-corrected chi connectivity index (χ0v) is 12.2. The second-order valence-electron chi connectivity index (χ2n) is 5.38. The summed E-state index contributed by atoms with van der Waals surface area (Å²) in [5.74, 6) is 0.932. The molecule has 1 saturated heterocycles. The molecule has 0 radical (unpaired) electrons. The van der Waals surface area contributed by atoms with Crippen LogP contribution in [0.5, 0.6) is 5.75 Å². The number of piperazine rings is 1. The maximum absolute atomic E-state index is 5.23. The summed E-state index contributed by atoms with van der Waals surface area (Å²) in [5, 5.41) is 0. The molecule has 0 aromatic heterocycles. The van der Waals surface area contributed by atoms with Crippen molar-refractivity contribution in [1.29, 1.82) is 0 Å². The molecule has 0 bridgehead atoms. The van der Waals surface area contributed by atoms with E-state index in [1.807, 2.05) is 0 Å². The highest BCUT2D eigenvalue weighted by atomic mass is 16.5. The normalized spacial score (nSPS) is 25.0. The standard InChI is InChI=1S/C15H25N3O/c1-3-17-8-10-18(11-9-17)15(12-16)13-4-6-14(19-2)7-5-13/h4-7,15H,3,8-12,16H2,1-2H3/p+3/t15-/m0/s1. The molecule has 1 aromatic carbocycles. The Balaban J connectivity index is 2.03. The van der Waals surface area contributed by atoms with Gasteiger partial charge in [-0.2, -0.15) is 0 Å². The van der Waals surface area contributed by atoms with Gasteiger partial charge in [-0.05, 0) is 31.2 Å². The lowest BCUT2D eigenvalue weighted by atomic mass is 10.0. The Morgan fingerprint density at radius 1 is 1.16 bits per heavy atom. The van der Waals surface area contributed by atoms with Crippen molar-refractivity contribution in [1.82, 2.24) is 0 Å². The lowest BCUT2D eigenvalue weighted by Crippen LogP contribution is -3.28. The van der Waals surface area contributed by atoms with Crippen LogP contribution in [0.15, 0.2) is 24.3 Å². The summed E-state index contributed by atoms with van der Waals surface area (Å²) < 4.78 is 5.23. The molecule has 0 saturated carbocycles. The first-order chi connectivity index (χ1) is 9.28. The highest BCUT2D eigenvalue weighted by molar-refractivity contribution is 5.28. The number of rotatable bonds is 5. The van der Waals surface area contributed by atoms with Crippen LogP contribution >= 0.6 is 0 Å². The van der Waals surface area contributed by atoms with Crippen LogP contribution in [0.3, 0.4) is 0 Å². The highest BCUT2D eigenvalue weighted by Gasteiger charge is 2.30. The van der Waals surface area contributed by atoms with Crippen molar-refractivity contribution in [3.8, 4) is 5.75 Å². The van der Waals surface area contributed by atoms with Crippen molar-refractivity contribution in [2.75, 3.05) is 46.4 Å². The van der Waals surface area contributed by atoms with Gasteiger partial charge in [-0.3, -0.25) is 0 Å². The van der Waals surface area contributed by atoms with E-state index in [1.165, 1.54) is 38.3 Å². The largest absolute Gasteiger partial charge is 0.497 e. The molecule has 0 spiro atoms. The topological polar surface area (TPSA) is 45.8 Å². The number of likely N-dealkylation sites (N-methyl/N-ethyl adjacent to an activating group) is 1. The third-order valence-corrected chi connectivity index (χ3v) is 4.40. The van der Waals surface area contributed by atoms with E-state index in [1.54, 1.807) is 16.9 Å². The number of methoxy groups -OCH3 is 1. The number of hydrogen-bond donors (Lipinski definition) is 3. The smallest absolute Gasteiger partial charge is 0.163 e. The van der Waals surface area contributed by atoms with Gasteiger partial charge in [0.1, 0.15) is 38.5 Å². The van der Waals surface area contributed by atoms with Gasteiger partial charge in [-0.15, -0.1) is 0 Å². The maximum Gasteiger partial charge on any atom is 0.163 e. The van der Waals surface area contributed by atoms with Crippen molar-refractivity contribution in [2.45, 2.75) is 13.0 Å². The zero-order valence-electron chi connectivity index (χ0n) is 12.2. The van der Waals surface area contributed by atoms with Crippen molar-refractivity contribution in [2.24, 2.45) is 0 Å².